The van der Waals surface area contributed by atoms with Crippen molar-refractivity contribution in [2.24, 2.45) is 0 Å². The maximum absolute atomic E-state index is 11.4. The first-order chi connectivity index (χ1) is 6.56. The number of benzene rings is 1. The molecule has 0 atom stereocenters. The number of esters is 1. The Balaban J connectivity index is 2.73. The molecule has 1 rings (SSSR count). The van der Waals surface area contributed by atoms with Gasteiger partial charge in [-0.15, -0.1) is 0 Å². The maximum atomic E-state index is 11.4. The van der Waals surface area contributed by atoms with Crippen LogP contribution in [0.2, 0.25) is 3.46 Å². The predicted octanol–water partition coefficient (Wildman–Crippen LogP) is 1.39. The molecule has 0 N–H and O–H groups in total. The van der Waals surface area contributed by atoms with Gasteiger partial charge in [0, 0.05) is 0 Å². The van der Waals surface area contributed by atoms with E-state index in [4.69, 9.17) is 4.74 Å². The third-order valence-electron chi connectivity index (χ3n) is 1.79. The van der Waals surface area contributed by atoms with Crippen LogP contribution in [0.3, 0.4) is 0 Å². The van der Waals surface area contributed by atoms with Gasteiger partial charge in [0.15, 0.2) is 0 Å². The quantitative estimate of drug-likeness (QED) is 0.623. The number of rotatable bonds is 3. The molecule has 2 nitrogen and oxygen atoms in total. The van der Waals surface area contributed by atoms with Crippen LogP contribution in [0.15, 0.2) is 30.3 Å². The zero-order valence-corrected chi connectivity index (χ0v) is 10.9. The van der Waals surface area contributed by atoms with Crippen molar-refractivity contribution in [2.45, 2.75) is 17.3 Å². The summed E-state index contributed by atoms with van der Waals surface area (Å²) in [6.45, 7) is 3.90. The number of carbonyl (C=O) groups excluding carboxylic acids is 1. The summed E-state index contributed by atoms with van der Waals surface area (Å²) in [4.78, 5) is 11.4. The van der Waals surface area contributed by atoms with Crippen LogP contribution in [0.4, 0.5) is 0 Å². The summed E-state index contributed by atoms with van der Waals surface area (Å²) in [5.74, 6) is -0.108. The zero-order chi connectivity index (χ0) is 10.6. The summed E-state index contributed by atoms with van der Waals surface area (Å²) >= 11 is -0.532. The molecule has 0 amide bonds. The van der Waals surface area contributed by atoms with E-state index < -0.39 is 20.9 Å². The minimum absolute atomic E-state index is 0.108. The molecule has 0 heterocycles. The number of methoxy groups -OCH3 is 1. The SMILES string of the molecule is COC(=O)C(C)(C)[Te]c1ccccc1. The molecular formula is C11H14O2Te. The van der Waals surface area contributed by atoms with Gasteiger partial charge >= 0.3 is 94.8 Å². The van der Waals surface area contributed by atoms with E-state index in [-0.39, 0.29) is 9.43 Å². The van der Waals surface area contributed by atoms with Crippen molar-refractivity contribution >= 4 is 30.5 Å². The van der Waals surface area contributed by atoms with Crippen LogP contribution in [-0.4, -0.2) is 34.0 Å². The van der Waals surface area contributed by atoms with Crippen LogP contribution in [-0.2, 0) is 9.53 Å². The van der Waals surface area contributed by atoms with Crippen LogP contribution in [0, 0.1) is 0 Å². The van der Waals surface area contributed by atoms with E-state index >= 15 is 0 Å². The van der Waals surface area contributed by atoms with Gasteiger partial charge in [0.1, 0.15) is 0 Å². The molecule has 0 aliphatic rings. The monoisotopic (exact) mass is 308 g/mol. The number of ether oxygens (including phenoxy) is 1. The Hall–Kier alpha value is -0.520. The Morgan fingerprint density at radius 3 is 2.36 bits per heavy atom. The van der Waals surface area contributed by atoms with Gasteiger partial charge in [-0.2, -0.15) is 0 Å². The van der Waals surface area contributed by atoms with E-state index in [1.54, 1.807) is 0 Å². The Bertz CT molecular complexity index is 306. The molecule has 0 saturated heterocycles. The molecule has 76 valence electrons. The topological polar surface area (TPSA) is 26.3 Å². The van der Waals surface area contributed by atoms with Crippen LogP contribution in [0.25, 0.3) is 0 Å². The van der Waals surface area contributed by atoms with Gasteiger partial charge < -0.3 is 0 Å². The molecule has 0 aliphatic heterocycles. The van der Waals surface area contributed by atoms with Crippen LogP contribution in [0.1, 0.15) is 13.8 Å². The van der Waals surface area contributed by atoms with Crippen molar-refractivity contribution in [2.75, 3.05) is 7.11 Å². The van der Waals surface area contributed by atoms with E-state index in [1.165, 1.54) is 10.7 Å². The van der Waals surface area contributed by atoms with E-state index in [9.17, 15) is 4.79 Å². The normalized spacial score (nSPS) is 11.1. The van der Waals surface area contributed by atoms with Gasteiger partial charge in [-0.1, -0.05) is 0 Å². The molecule has 0 radical (unpaired) electrons. The van der Waals surface area contributed by atoms with Gasteiger partial charge in [0.25, 0.3) is 0 Å². The standard InChI is InChI=1S/C11H14O2Te/c1-11(2,10(12)13-3)14-9-7-5-4-6-8-9/h4-8H,1-3H3. The molecule has 14 heavy (non-hydrogen) atoms. The molecule has 3 heteroatoms. The van der Waals surface area contributed by atoms with Crippen LogP contribution < -0.4 is 3.61 Å². The average molecular weight is 306 g/mol. The van der Waals surface area contributed by atoms with Crippen molar-refractivity contribution in [3.63, 3.8) is 0 Å². The second kappa shape index (κ2) is 4.82. The molecule has 0 spiro atoms. The van der Waals surface area contributed by atoms with Crippen LogP contribution >= 0.6 is 0 Å². The molecule has 0 saturated carbocycles. The van der Waals surface area contributed by atoms with Crippen molar-refractivity contribution in [1.82, 2.24) is 0 Å². The molecule has 0 fully saturated rings. The molecule has 0 unspecified atom stereocenters. The fourth-order valence-corrected chi connectivity index (χ4v) is 4.06. The van der Waals surface area contributed by atoms with Crippen molar-refractivity contribution in [3.8, 4) is 0 Å². The van der Waals surface area contributed by atoms with Crippen molar-refractivity contribution in [1.29, 1.82) is 0 Å². The Kier molecular flexibility index (Phi) is 3.97. The van der Waals surface area contributed by atoms with E-state index in [1.807, 2.05) is 32.0 Å². The fraction of sp³-hybridized carbons (Fsp3) is 0.364. The molecular weight excluding hydrogens is 292 g/mol. The van der Waals surface area contributed by atoms with Crippen molar-refractivity contribution < 1.29 is 9.53 Å². The fourth-order valence-electron chi connectivity index (χ4n) is 1.07. The Morgan fingerprint density at radius 1 is 1.29 bits per heavy atom. The molecule has 0 bridgehead atoms. The first-order valence-electron chi connectivity index (χ1n) is 4.39. The molecule has 0 aromatic heterocycles. The van der Waals surface area contributed by atoms with Gasteiger partial charge in [-0.3, -0.25) is 0 Å². The van der Waals surface area contributed by atoms with E-state index in [2.05, 4.69) is 12.1 Å². The number of hydrogen-bond donors (Lipinski definition) is 0. The Morgan fingerprint density at radius 2 is 1.86 bits per heavy atom. The molecule has 1 aromatic carbocycles. The first-order valence-corrected chi connectivity index (χ1v) is 6.72. The summed E-state index contributed by atoms with van der Waals surface area (Å²) < 4.78 is 5.75. The second-order valence-corrected chi connectivity index (χ2v) is 8.26. The summed E-state index contributed by atoms with van der Waals surface area (Å²) in [5.41, 5.74) is 0. The van der Waals surface area contributed by atoms with Gasteiger partial charge in [-0.05, 0) is 0 Å². The molecule has 0 aliphatic carbocycles. The number of hydrogen-bond acceptors (Lipinski definition) is 2. The Labute approximate surface area is 94.7 Å². The summed E-state index contributed by atoms with van der Waals surface area (Å²) in [7, 11) is 1.45. The van der Waals surface area contributed by atoms with E-state index in [0.717, 1.165) is 0 Å². The third-order valence-corrected chi connectivity index (χ3v) is 5.17. The second-order valence-electron chi connectivity index (χ2n) is 3.42. The van der Waals surface area contributed by atoms with Gasteiger partial charge in [0.2, 0.25) is 0 Å². The van der Waals surface area contributed by atoms with Gasteiger partial charge in [0.05, 0.1) is 0 Å². The first kappa shape index (κ1) is 11.6. The van der Waals surface area contributed by atoms with Crippen molar-refractivity contribution in [3.05, 3.63) is 30.3 Å². The number of carbonyl (C=O) groups is 1. The minimum atomic E-state index is -0.532. The van der Waals surface area contributed by atoms with Crippen LogP contribution in [0.5, 0.6) is 0 Å². The van der Waals surface area contributed by atoms with E-state index in [0.29, 0.717) is 0 Å². The average Bonchev–Trinajstić information content (AvgIpc) is 2.17. The molecule has 1 aromatic rings. The van der Waals surface area contributed by atoms with Gasteiger partial charge in [-0.25, -0.2) is 0 Å². The summed E-state index contributed by atoms with van der Waals surface area (Å²) in [6, 6.07) is 10.2. The predicted molar refractivity (Wildman–Crippen MR) is 57.9 cm³/mol. The summed E-state index contributed by atoms with van der Waals surface area (Å²) in [6.07, 6.45) is 0. The summed E-state index contributed by atoms with van der Waals surface area (Å²) in [5, 5.41) is 0. The third kappa shape index (κ3) is 3.01. The zero-order valence-electron chi connectivity index (χ0n) is 8.61.